The number of nitrogens with zero attached hydrogens (tertiary/aromatic N) is 1. The first-order valence-electron chi connectivity index (χ1n) is 12.8. The van der Waals surface area contributed by atoms with E-state index in [0.29, 0.717) is 34.9 Å². The highest BCUT2D eigenvalue weighted by molar-refractivity contribution is 6.51. The first-order valence-corrected chi connectivity index (χ1v) is 12.8. The summed E-state index contributed by atoms with van der Waals surface area (Å²) in [5.41, 5.74) is 2.68. The molecule has 4 aromatic carbocycles. The van der Waals surface area contributed by atoms with Crippen molar-refractivity contribution in [3.63, 3.8) is 0 Å². The molecule has 0 aromatic heterocycles. The SMILES string of the molecule is CC(C)Oc1cccc(/C(O)=C2/C(=O)C(=O)N(c3ccccc3)C2c2ccc(OCc3ccccc3)cc2)c1. The molecule has 39 heavy (non-hydrogen) atoms. The van der Waals surface area contributed by atoms with Gasteiger partial charge in [-0.3, -0.25) is 14.5 Å². The van der Waals surface area contributed by atoms with E-state index in [9.17, 15) is 14.7 Å². The number of carbonyl (C=O) groups is 2. The van der Waals surface area contributed by atoms with Crippen LogP contribution in [0, 0.1) is 0 Å². The number of aliphatic hydroxyl groups excluding tert-OH is 1. The quantitative estimate of drug-likeness (QED) is 0.160. The van der Waals surface area contributed by atoms with Crippen molar-refractivity contribution in [2.45, 2.75) is 32.6 Å². The number of amides is 1. The van der Waals surface area contributed by atoms with Gasteiger partial charge in [-0.15, -0.1) is 0 Å². The molecule has 1 amide bonds. The van der Waals surface area contributed by atoms with Crippen molar-refractivity contribution in [1.29, 1.82) is 0 Å². The molecular weight excluding hydrogens is 490 g/mol. The Labute approximate surface area is 227 Å². The molecule has 6 nitrogen and oxygen atoms in total. The summed E-state index contributed by atoms with van der Waals surface area (Å²) in [6.07, 6.45) is -0.0614. The number of para-hydroxylation sites is 1. The Morgan fingerprint density at radius 1 is 0.821 bits per heavy atom. The maximum atomic E-state index is 13.4. The molecule has 1 heterocycles. The third-order valence-electron chi connectivity index (χ3n) is 6.40. The number of anilines is 1. The van der Waals surface area contributed by atoms with Crippen molar-refractivity contribution in [1.82, 2.24) is 0 Å². The number of carbonyl (C=O) groups excluding carboxylic acids is 2. The normalized spacial score (nSPS) is 16.5. The lowest BCUT2D eigenvalue weighted by atomic mass is 9.95. The minimum absolute atomic E-state index is 0.0171. The lowest BCUT2D eigenvalue weighted by molar-refractivity contribution is -0.132. The van der Waals surface area contributed by atoms with E-state index in [4.69, 9.17) is 9.47 Å². The second kappa shape index (κ2) is 11.3. The fourth-order valence-electron chi connectivity index (χ4n) is 4.63. The second-order valence-corrected chi connectivity index (χ2v) is 9.54. The monoisotopic (exact) mass is 519 g/mol. The number of aliphatic hydroxyl groups is 1. The van der Waals surface area contributed by atoms with Gasteiger partial charge >= 0.3 is 0 Å². The van der Waals surface area contributed by atoms with Gasteiger partial charge in [0.15, 0.2) is 0 Å². The Morgan fingerprint density at radius 3 is 2.15 bits per heavy atom. The van der Waals surface area contributed by atoms with E-state index >= 15 is 0 Å². The van der Waals surface area contributed by atoms with Crippen molar-refractivity contribution in [3.05, 3.63) is 131 Å². The van der Waals surface area contributed by atoms with Gasteiger partial charge in [-0.2, -0.15) is 0 Å². The Kier molecular flexibility index (Phi) is 7.46. The van der Waals surface area contributed by atoms with Crippen LogP contribution >= 0.6 is 0 Å². The molecular formula is C33H29NO5. The molecule has 0 saturated carbocycles. The number of hydrogen-bond donors (Lipinski definition) is 1. The zero-order valence-electron chi connectivity index (χ0n) is 21.8. The predicted octanol–water partition coefficient (Wildman–Crippen LogP) is 6.68. The summed E-state index contributed by atoms with van der Waals surface area (Å²) in [7, 11) is 0. The predicted molar refractivity (Wildman–Crippen MR) is 151 cm³/mol. The Bertz CT molecular complexity index is 1490. The van der Waals surface area contributed by atoms with Crippen LogP contribution in [-0.2, 0) is 16.2 Å². The molecule has 5 rings (SSSR count). The third kappa shape index (κ3) is 5.55. The lowest BCUT2D eigenvalue weighted by Crippen LogP contribution is -2.29. The molecule has 0 radical (unpaired) electrons. The Balaban J connectivity index is 1.54. The Hall–Kier alpha value is -4.84. The van der Waals surface area contributed by atoms with Gasteiger partial charge in [0.1, 0.15) is 23.9 Å². The topological polar surface area (TPSA) is 76.1 Å². The first-order chi connectivity index (χ1) is 18.9. The highest BCUT2D eigenvalue weighted by Gasteiger charge is 2.47. The van der Waals surface area contributed by atoms with Crippen molar-refractivity contribution >= 4 is 23.1 Å². The van der Waals surface area contributed by atoms with Crippen LogP contribution in [0.3, 0.4) is 0 Å². The van der Waals surface area contributed by atoms with Crippen LogP contribution in [0.5, 0.6) is 11.5 Å². The standard InChI is InChI=1S/C33H29NO5/c1-22(2)39-28-15-9-12-25(20-28)31(35)29-30(34(33(37)32(29)36)26-13-7-4-8-14-26)24-16-18-27(19-17-24)38-21-23-10-5-3-6-11-23/h3-20,22,30,35H,21H2,1-2H3/b31-29-. The van der Waals surface area contributed by atoms with E-state index in [1.165, 1.54) is 4.90 Å². The van der Waals surface area contributed by atoms with E-state index in [-0.39, 0.29) is 17.4 Å². The zero-order chi connectivity index (χ0) is 27.4. The largest absolute Gasteiger partial charge is 0.507 e. The molecule has 6 heteroatoms. The maximum Gasteiger partial charge on any atom is 0.300 e. The fraction of sp³-hybridized carbons (Fsp3) is 0.152. The highest BCUT2D eigenvalue weighted by atomic mass is 16.5. The van der Waals surface area contributed by atoms with E-state index in [0.717, 1.165) is 5.56 Å². The summed E-state index contributed by atoms with van der Waals surface area (Å²) in [5, 5.41) is 11.4. The number of benzene rings is 4. The van der Waals surface area contributed by atoms with Gasteiger partial charge in [-0.05, 0) is 61.4 Å². The van der Waals surface area contributed by atoms with Crippen molar-refractivity contribution in [3.8, 4) is 11.5 Å². The van der Waals surface area contributed by atoms with Gasteiger partial charge in [0.2, 0.25) is 0 Å². The second-order valence-electron chi connectivity index (χ2n) is 9.54. The van der Waals surface area contributed by atoms with Crippen LogP contribution in [0.4, 0.5) is 5.69 Å². The van der Waals surface area contributed by atoms with E-state index < -0.39 is 17.7 Å². The molecule has 4 aromatic rings. The average molecular weight is 520 g/mol. The molecule has 0 aliphatic carbocycles. The van der Waals surface area contributed by atoms with Crippen LogP contribution in [0.2, 0.25) is 0 Å². The van der Waals surface area contributed by atoms with Gasteiger partial charge in [-0.1, -0.05) is 72.8 Å². The number of ether oxygens (including phenoxy) is 2. The average Bonchev–Trinajstić information content (AvgIpc) is 3.22. The van der Waals surface area contributed by atoms with Crippen LogP contribution in [0.15, 0.2) is 115 Å². The molecule has 1 aliphatic heterocycles. The Morgan fingerprint density at radius 2 is 1.49 bits per heavy atom. The zero-order valence-corrected chi connectivity index (χ0v) is 21.8. The van der Waals surface area contributed by atoms with E-state index in [1.54, 1.807) is 60.7 Å². The van der Waals surface area contributed by atoms with Crippen LogP contribution in [0.1, 0.15) is 36.6 Å². The van der Waals surface area contributed by atoms with Crippen LogP contribution in [0.25, 0.3) is 5.76 Å². The van der Waals surface area contributed by atoms with Crippen LogP contribution in [-0.4, -0.2) is 22.9 Å². The molecule has 1 N–H and O–H groups in total. The smallest absolute Gasteiger partial charge is 0.300 e. The summed E-state index contributed by atoms with van der Waals surface area (Å²) < 4.78 is 11.7. The maximum absolute atomic E-state index is 13.4. The summed E-state index contributed by atoms with van der Waals surface area (Å²) in [5.74, 6) is -0.497. The molecule has 1 aliphatic rings. The first kappa shape index (κ1) is 25.8. The molecule has 1 fully saturated rings. The minimum Gasteiger partial charge on any atom is -0.507 e. The third-order valence-corrected chi connectivity index (χ3v) is 6.40. The highest BCUT2D eigenvalue weighted by Crippen LogP contribution is 2.42. The van der Waals surface area contributed by atoms with E-state index in [2.05, 4.69) is 0 Å². The van der Waals surface area contributed by atoms with Gasteiger partial charge in [0.25, 0.3) is 11.7 Å². The fourth-order valence-corrected chi connectivity index (χ4v) is 4.63. The minimum atomic E-state index is -0.828. The summed E-state index contributed by atoms with van der Waals surface area (Å²) in [6, 6.07) is 32.1. The molecule has 0 bridgehead atoms. The van der Waals surface area contributed by atoms with Crippen molar-refractivity contribution in [2.24, 2.45) is 0 Å². The van der Waals surface area contributed by atoms with E-state index in [1.807, 2.05) is 62.4 Å². The number of ketones is 1. The van der Waals surface area contributed by atoms with Gasteiger partial charge in [-0.25, -0.2) is 0 Å². The van der Waals surface area contributed by atoms with Crippen molar-refractivity contribution in [2.75, 3.05) is 4.90 Å². The van der Waals surface area contributed by atoms with Crippen LogP contribution < -0.4 is 14.4 Å². The number of rotatable bonds is 8. The van der Waals surface area contributed by atoms with Gasteiger partial charge < -0.3 is 14.6 Å². The summed E-state index contributed by atoms with van der Waals surface area (Å²) >= 11 is 0. The van der Waals surface area contributed by atoms with Crippen molar-refractivity contribution < 1.29 is 24.2 Å². The molecule has 1 saturated heterocycles. The summed E-state index contributed by atoms with van der Waals surface area (Å²) in [6.45, 7) is 4.23. The molecule has 1 atom stereocenters. The lowest BCUT2D eigenvalue weighted by Gasteiger charge is -2.25. The van der Waals surface area contributed by atoms with Gasteiger partial charge in [0.05, 0.1) is 17.7 Å². The number of Topliss-reactive ketones (excluding diaryl/α,β-unsaturated/α-hetero) is 1. The summed E-state index contributed by atoms with van der Waals surface area (Å²) in [4.78, 5) is 28.2. The van der Waals surface area contributed by atoms with Gasteiger partial charge in [0, 0.05) is 11.3 Å². The molecule has 1 unspecified atom stereocenters. The number of hydrogen-bond acceptors (Lipinski definition) is 5. The molecule has 0 spiro atoms. The molecule has 196 valence electrons.